The van der Waals surface area contributed by atoms with Gasteiger partial charge in [-0.25, -0.2) is 0 Å². The summed E-state index contributed by atoms with van der Waals surface area (Å²) in [6.45, 7) is 0. The van der Waals surface area contributed by atoms with Gasteiger partial charge in [-0.15, -0.1) is 0 Å². The standard InChI is InChI=1S/C9H11NO2/c10-8(9(11)12)6-7-4-2-1-3-5-7/h1-5,8H,6,10H2,(H,11,12)/i6+1. The maximum Gasteiger partial charge on any atom is 0.320 e. The van der Waals surface area contributed by atoms with E-state index >= 15 is 0 Å². The number of carbonyl (C=O) groups is 1. The van der Waals surface area contributed by atoms with E-state index in [0.29, 0.717) is 6.42 Å². The van der Waals surface area contributed by atoms with Crippen LogP contribution in [0.5, 0.6) is 0 Å². The molecular formula is C9H11NO2. The molecule has 1 unspecified atom stereocenters. The van der Waals surface area contributed by atoms with E-state index in [-0.39, 0.29) is 0 Å². The third-order valence-corrected chi connectivity index (χ3v) is 1.62. The third-order valence-electron chi connectivity index (χ3n) is 1.62. The Morgan fingerprint density at radius 2 is 2.00 bits per heavy atom. The molecule has 3 N–H and O–H groups in total. The Labute approximate surface area is 70.8 Å². The summed E-state index contributed by atoms with van der Waals surface area (Å²) in [4.78, 5) is 10.4. The molecule has 1 aromatic carbocycles. The number of aliphatic carboxylic acids is 1. The zero-order valence-corrected chi connectivity index (χ0v) is 6.60. The summed E-state index contributed by atoms with van der Waals surface area (Å²) in [5, 5.41) is 8.52. The SMILES string of the molecule is NC([13CH2]c1ccccc1)C(=O)O. The molecule has 64 valence electrons. The minimum atomic E-state index is -0.959. The summed E-state index contributed by atoms with van der Waals surface area (Å²) in [7, 11) is 0. The van der Waals surface area contributed by atoms with Crippen molar-refractivity contribution in [3.8, 4) is 0 Å². The lowest BCUT2D eigenvalue weighted by Crippen LogP contribution is -2.32. The van der Waals surface area contributed by atoms with Crippen molar-refractivity contribution in [2.75, 3.05) is 0 Å². The highest BCUT2D eigenvalue weighted by molar-refractivity contribution is 5.73. The molecule has 0 aliphatic heterocycles. The van der Waals surface area contributed by atoms with Gasteiger partial charge in [0, 0.05) is 0 Å². The molecule has 1 rings (SSSR count). The fourth-order valence-corrected chi connectivity index (χ4v) is 0.955. The second-order valence-electron chi connectivity index (χ2n) is 2.63. The lowest BCUT2D eigenvalue weighted by molar-refractivity contribution is -0.138. The summed E-state index contributed by atoms with van der Waals surface area (Å²) in [5.41, 5.74) is 6.30. The van der Waals surface area contributed by atoms with Crippen molar-refractivity contribution in [2.24, 2.45) is 5.73 Å². The molecule has 0 aliphatic rings. The summed E-state index contributed by atoms with van der Waals surface area (Å²) >= 11 is 0. The van der Waals surface area contributed by atoms with Crippen molar-refractivity contribution in [3.63, 3.8) is 0 Å². The Kier molecular flexibility index (Phi) is 2.82. The third kappa shape index (κ3) is 2.36. The van der Waals surface area contributed by atoms with Gasteiger partial charge in [0.1, 0.15) is 6.04 Å². The molecule has 1 aromatic rings. The van der Waals surface area contributed by atoms with Crippen LogP contribution in [0.25, 0.3) is 0 Å². The highest BCUT2D eigenvalue weighted by atomic mass is 16.4. The minimum Gasteiger partial charge on any atom is -0.480 e. The minimum absolute atomic E-state index is 0.385. The molecule has 1 atom stereocenters. The van der Waals surface area contributed by atoms with Crippen LogP contribution in [0.4, 0.5) is 0 Å². The number of hydrogen-bond acceptors (Lipinski definition) is 2. The molecule has 0 saturated heterocycles. The molecule has 0 bridgehead atoms. The Bertz CT molecular complexity index is 258. The molecule has 0 saturated carbocycles. The van der Waals surface area contributed by atoms with Crippen LogP contribution in [0.1, 0.15) is 5.56 Å². The number of hydrogen-bond donors (Lipinski definition) is 2. The van der Waals surface area contributed by atoms with Crippen molar-refractivity contribution < 1.29 is 9.90 Å². The van der Waals surface area contributed by atoms with Gasteiger partial charge >= 0.3 is 5.97 Å². The van der Waals surface area contributed by atoms with Crippen LogP contribution in [-0.4, -0.2) is 17.1 Å². The molecule has 0 radical (unpaired) electrons. The van der Waals surface area contributed by atoms with Crippen molar-refractivity contribution >= 4 is 5.97 Å². The predicted octanol–water partition coefficient (Wildman–Crippen LogP) is 0.641. The Morgan fingerprint density at radius 1 is 1.42 bits per heavy atom. The average Bonchev–Trinajstić information content (AvgIpc) is 2.06. The fraction of sp³-hybridized carbons (Fsp3) is 0.222. The quantitative estimate of drug-likeness (QED) is 0.648. The van der Waals surface area contributed by atoms with Crippen LogP contribution in [0.2, 0.25) is 0 Å². The lowest BCUT2D eigenvalue weighted by atomic mass is 10.2. The molecule has 0 aliphatic carbocycles. The Hall–Kier alpha value is -1.35. The number of rotatable bonds is 3. The summed E-state index contributed by atoms with van der Waals surface area (Å²) in [6, 6.07) is 8.54. The van der Waals surface area contributed by atoms with Crippen LogP contribution in [0.15, 0.2) is 30.3 Å². The van der Waals surface area contributed by atoms with E-state index in [4.69, 9.17) is 10.8 Å². The van der Waals surface area contributed by atoms with E-state index < -0.39 is 12.0 Å². The van der Waals surface area contributed by atoms with Gasteiger partial charge in [0.15, 0.2) is 0 Å². The van der Waals surface area contributed by atoms with E-state index in [1.807, 2.05) is 30.3 Å². The molecule has 0 amide bonds. The van der Waals surface area contributed by atoms with Crippen molar-refractivity contribution in [3.05, 3.63) is 35.9 Å². The fourth-order valence-electron chi connectivity index (χ4n) is 0.955. The normalized spacial score (nSPS) is 12.4. The van der Waals surface area contributed by atoms with Crippen LogP contribution in [0.3, 0.4) is 0 Å². The van der Waals surface area contributed by atoms with Gasteiger partial charge in [-0.1, -0.05) is 30.3 Å². The maximum absolute atomic E-state index is 10.4. The Balaban J connectivity index is 2.58. The van der Waals surface area contributed by atoms with E-state index in [0.717, 1.165) is 5.56 Å². The average molecular weight is 166 g/mol. The van der Waals surface area contributed by atoms with E-state index in [1.54, 1.807) is 0 Å². The topological polar surface area (TPSA) is 63.3 Å². The number of benzene rings is 1. The first-order valence-electron chi connectivity index (χ1n) is 3.72. The highest BCUT2D eigenvalue weighted by Gasteiger charge is 2.10. The number of carboxylic acids is 1. The van der Waals surface area contributed by atoms with Crippen molar-refractivity contribution in [1.29, 1.82) is 0 Å². The molecule has 0 fully saturated rings. The van der Waals surface area contributed by atoms with Gasteiger partial charge in [0.2, 0.25) is 0 Å². The zero-order valence-electron chi connectivity index (χ0n) is 6.60. The molecule has 3 heteroatoms. The lowest BCUT2D eigenvalue weighted by Gasteiger charge is -2.04. The smallest absolute Gasteiger partial charge is 0.320 e. The van der Waals surface area contributed by atoms with Crippen LogP contribution in [0, 0.1) is 0 Å². The van der Waals surface area contributed by atoms with Crippen molar-refractivity contribution in [2.45, 2.75) is 12.5 Å². The molecule has 3 nitrogen and oxygen atoms in total. The van der Waals surface area contributed by atoms with Crippen LogP contribution >= 0.6 is 0 Å². The summed E-state index contributed by atoms with van der Waals surface area (Å²) in [6.07, 6.45) is 0.385. The largest absolute Gasteiger partial charge is 0.480 e. The van der Waals surface area contributed by atoms with Gasteiger partial charge < -0.3 is 10.8 Å². The van der Waals surface area contributed by atoms with Gasteiger partial charge in [-0.2, -0.15) is 0 Å². The molecular weight excluding hydrogens is 155 g/mol. The highest BCUT2D eigenvalue weighted by Crippen LogP contribution is 2.01. The molecule has 0 aromatic heterocycles. The maximum atomic E-state index is 10.4. The first-order valence-corrected chi connectivity index (χ1v) is 3.72. The van der Waals surface area contributed by atoms with Gasteiger partial charge in [-0.3, -0.25) is 4.79 Å². The van der Waals surface area contributed by atoms with E-state index in [2.05, 4.69) is 0 Å². The first kappa shape index (κ1) is 8.74. The van der Waals surface area contributed by atoms with Gasteiger partial charge in [-0.05, 0) is 12.0 Å². The van der Waals surface area contributed by atoms with E-state index in [1.165, 1.54) is 0 Å². The summed E-state index contributed by atoms with van der Waals surface area (Å²) in [5.74, 6) is -0.959. The van der Waals surface area contributed by atoms with Gasteiger partial charge in [0.25, 0.3) is 0 Å². The molecule has 0 spiro atoms. The summed E-state index contributed by atoms with van der Waals surface area (Å²) < 4.78 is 0. The van der Waals surface area contributed by atoms with Crippen LogP contribution in [-0.2, 0) is 11.2 Å². The Morgan fingerprint density at radius 3 is 2.50 bits per heavy atom. The van der Waals surface area contributed by atoms with E-state index in [9.17, 15) is 4.79 Å². The molecule has 0 heterocycles. The van der Waals surface area contributed by atoms with Crippen LogP contribution < -0.4 is 5.73 Å². The predicted molar refractivity (Wildman–Crippen MR) is 45.8 cm³/mol. The van der Waals surface area contributed by atoms with Crippen molar-refractivity contribution in [1.82, 2.24) is 0 Å². The number of carboxylic acid groups (broad SMARTS) is 1. The second-order valence-corrected chi connectivity index (χ2v) is 2.63. The number of nitrogens with two attached hydrogens (primary N) is 1. The second kappa shape index (κ2) is 3.88. The first-order chi connectivity index (χ1) is 5.70. The van der Waals surface area contributed by atoms with Gasteiger partial charge in [0.05, 0.1) is 0 Å². The zero-order chi connectivity index (χ0) is 8.97. The monoisotopic (exact) mass is 166 g/mol. The molecule has 12 heavy (non-hydrogen) atoms.